The normalized spacial score (nSPS) is 10.5. The van der Waals surface area contributed by atoms with E-state index in [9.17, 15) is 4.79 Å². The maximum absolute atomic E-state index is 12.2. The van der Waals surface area contributed by atoms with Gasteiger partial charge in [-0.15, -0.1) is 0 Å². The first-order chi connectivity index (χ1) is 9.95. The Morgan fingerprint density at radius 2 is 2.05 bits per heavy atom. The smallest absolute Gasteiger partial charge is 0.256 e. The molecule has 0 aliphatic carbocycles. The SMILES string of the molecule is Cc1nc(NC(=O)c2cccc(OC(C)C)c2)ccc1Cl. The summed E-state index contributed by atoms with van der Waals surface area (Å²) in [7, 11) is 0. The zero-order valence-electron chi connectivity index (χ0n) is 12.2. The van der Waals surface area contributed by atoms with Crippen LogP contribution >= 0.6 is 11.6 Å². The van der Waals surface area contributed by atoms with Crippen LogP contribution in [0, 0.1) is 6.92 Å². The molecule has 0 atom stereocenters. The zero-order chi connectivity index (χ0) is 15.4. The van der Waals surface area contributed by atoms with Crippen molar-refractivity contribution in [2.75, 3.05) is 5.32 Å². The number of halogens is 1. The molecule has 2 aromatic rings. The van der Waals surface area contributed by atoms with Crippen molar-refractivity contribution < 1.29 is 9.53 Å². The summed E-state index contributed by atoms with van der Waals surface area (Å²) >= 11 is 5.91. The minimum absolute atomic E-state index is 0.0592. The lowest BCUT2D eigenvalue weighted by Crippen LogP contribution is -2.14. The predicted octanol–water partition coefficient (Wildman–Crippen LogP) is 4.08. The molecule has 2 rings (SSSR count). The summed E-state index contributed by atoms with van der Waals surface area (Å²) in [5.41, 5.74) is 1.19. The molecule has 0 aliphatic rings. The van der Waals surface area contributed by atoms with E-state index in [0.717, 1.165) is 0 Å². The van der Waals surface area contributed by atoms with Crippen molar-refractivity contribution in [2.24, 2.45) is 0 Å². The van der Waals surface area contributed by atoms with Gasteiger partial charge in [-0.3, -0.25) is 4.79 Å². The molecule has 1 aromatic heterocycles. The third kappa shape index (κ3) is 4.20. The summed E-state index contributed by atoms with van der Waals surface area (Å²) in [4.78, 5) is 16.4. The van der Waals surface area contributed by atoms with Crippen molar-refractivity contribution in [3.63, 3.8) is 0 Å². The summed E-state index contributed by atoms with van der Waals surface area (Å²) < 4.78 is 5.58. The van der Waals surface area contributed by atoms with Gasteiger partial charge in [-0.2, -0.15) is 0 Å². The van der Waals surface area contributed by atoms with Crippen LogP contribution in [0.3, 0.4) is 0 Å². The Morgan fingerprint density at radius 3 is 2.71 bits per heavy atom. The molecule has 0 aliphatic heterocycles. The quantitative estimate of drug-likeness (QED) is 0.926. The molecule has 0 saturated carbocycles. The third-order valence-electron chi connectivity index (χ3n) is 2.73. The van der Waals surface area contributed by atoms with Gasteiger partial charge in [-0.25, -0.2) is 4.98 Å². The third-order valence-corrected chi connectivity index (χ3v) is 3.13. The van der Waals surface area contributed by atoms with Crippen LogP contribution in [-0.2, 0) is 0 Å². The maximum atomic E-state index is 12.2. The Morgan fingerprint density at radius 1 is 1.29 bits per heavy atom. The molecule has 0 bridgehead atoms. The van der Waals surface area contributed by atoms with E-state index in [-0.39, 0.29) is 12.0 Å². The number of aryl methyl sites for hydroxylation is 1. The molecule has 0 unspecified atom stereocenters. The van der Waals surface area contributed by atoms with Gasteiger partial charge in [-0.05, 0) is 51.1 Å². The van der Waals surface area contributed by atoms with Crippen molar-refractivity contribution in [1.82, 2.24) is 4.98 Å². The second-order valence-electron chi connectivity index (χ2n) is 4.91. The number of carbonyl (C=O) groups is 1. The van der Waals surface area contributed by atoms with Gasteiger partial charge in [-0.1, -0.05) is 17.7 Å². The van der Waals surface area contributed by atoms with Crippen molar-refractivity contribution >= 4 is 23.3 Å². The first-order valence-corrected chi connectivity index (χ1v) is 7.04. The maximum Gasteiger partial charge on any atom is 0.256 e. The Labute approximate surface area is 129 Å². The average Bonchev–Trinajstić information content (AvgIpc) is 2.42. The molecule has 1 heterocycles. The first kappa shape index (κ1) is 15.3. The summed E-state index contributed by atoms with van der Waals surface area (Å²) in [6.45, 7) is 5.66. The molecule has 0 radical (unpaired) electrons. The fourth-order valence-corrected chi connectivity index (χ4v) is 1.89. The van der Waals surface area contributed by atoms with Gasteiger partial charge in [0.1, 0.15) is 11.6 Å². The number of aromatic nitrogens is 1. The van der Waals surface area contributed by atoms with E-state index >= 15 is 0 Å². The Hall–Kier alpha value is -2.07. The summed E-state index contributed by atoms with van der Waals surface area (Å²) in [6.07, 6.45) is 0.0592. The number of hydrogen-bond acceptors (Lipinski definition) is 3. The Bertz CT molecular complexity index is 656. The van der Waals surface area contributed by atoms with E-state index in [2.05, 4.69) is 10.3 Å². The molecule has 0 saturated heterocycles. The minimum atomic E-state index is -0.238. The standard InChI is InChI=1S/C16H17ClN2O2/c1-10(2)21-13-6-4-5-12(9-13)16(20)19-15-8-7-14(17)11(3)18-15/h4-10H,1-3H3,(H,18,19,20). The highest BCUT2D eigenvalue weighted by Gasteiger charge is 2.09. The van der Waals surface area contributed by atoms with E-state index in [0.29, 0.717) is 27.8 Å². The fourth-order valence-electron chi connectivity index (χ4n) is 1.78. The monoisotopic (exact) mass is 304 g/mol. The lowest BCUT2D eigenvalue weighted by atomic mass is 10.2. The number of ether oxygens (including phenoxy) is 1. The van der Waals surface area contributed by atoms with E-state index in [1.807, 2.05) is 19.9 Å². The number of anilines is 1. The van der Waals surface area contributed by atoms with Crippen LogP contribution in [0.5, 0.6) is 5.75 Å². The van der Waals surface area contributed by atoms with Crippen molar-refractivity contribution in [3.8, 4) is 5.75 Å². The van der Waals surface area contributed by atoms with Gasteiger partial charge < -0.3 is 10.1 Å². The highest BCUT2D eigenvalue weighted by atomic mass is 35.5. The van der Waals surface area contributed by atoms with E-state index in [1.165, 1.54) is 0 Å². The Balaban J connectivity index is 2.14. The number of carbonyl (C=O) groups excluding carboxylic acids is 1. The number of benzene rings is 1. The van der Waals surface area contributed by atoms with Gasteiger partial charge in [0.25, 0.3) is 5.91 Å². The van der Waals surface area contributed by atoms with Gasteiger partial charge >= 0.3 is 0 Å². The lowest BCUT2D eigenvalue weighted by Gasteiger charge is -2.11. The van der Waals surface area contributed by atoms with Gasteiger partial charge in [0.15, 0.2) is 0 Å². The van der Waals surface area contributed by atoms with Crippen molar-refractivity contribution in [3.05, 3.63) is 52.7 Å². The van der Waals surface area contributed by atoms with E-state index < -0.39 is 0 Å². The van der Waals surface area contributed by atoms with Crippen molar-refractivity contribution in [1.29, 1.82) is 0 Å². The lowest BCUT2D eigenvalue weighted by molar-refractivity contribution is 0.102. The predicted molar refractivity (Wildman–Crippen MR) is 84.1 cm³/mol. The zero-order valence-corrected chi connectivity index (χ0v) is 12.9. The number of pyridine rings is 1. The van der Waals surface area contributed by atoms with Gasteiger partial charge in [0.2, 0.25) is 0 Å². The molecule has 4 nitrogen and oxygen atoms in total. The van der Waals surface area contributed by atoms with Gasteiger partial charge in [0, 0.05) is 5.56 Å². The number of hydrogen-bond donors (Lipinski definition) is 1. The first-order valence-electron chi connectivity index (χ1n) is 6.67. The molecular formula is C16H17ClN2O2. The summed E-state index contributed by atoms with van der Waals surface area (Å²) in [5.74, 6) is 0.897. The molecule has 1 N–H and O–H groups in total. The largest absolute Gasteiger partial charge is 0.491 e. The highest BCUT2D eigenvalue weighted by Crippen LogP contribution is 2.18. The minimum Gasteiger partial charge on any atom is -0.491 e. The van der Waals surface area contributed by atoms with Crippen LogP contribution in [0.15, 0.2) is 36.4 Å². The van der Waals surface area contributed by atoms with Crippen LogP contribution < -0.4 is 10.1 Å². The molecule has 1 aromatic carbocycles. The Kier molecular flexibility index (Phi) is 4.81. The van der Waals surface area contributed by atoms with Crippen LogP contribution in [0.1, 0.15) is 29.9 Å². The molecule has 0 fully saturated rings. The fraction of sp³-hybridized carbons (Fsp3) is 0.250. The number of rotatable bonds is 4. The number of nitrogens with zero attached hydrogens (tertiary/aromatic N) is 1. The molecule has 1 amide bonds. The highest BCUT2D eigenvalue weighted by molar-refractivity contribution is 6.31. The van der Waals surface area contributed by atoms with E-state index in [4.69, 9.17) is 16.3 Å². The second kappa shape index (κ2) is 6.59. The van der Waals surface area contributed by atoms with Crippen LogP contribution in [0.4, 0.5) is 5.82 Å². The van der Waals surface area contributed by atoms with Crippen LogP contribution in [-0.4, -0.2) is 17.0 Å². The summed E-state index contributed by atoms with van der Waals surface area (Å²) in [5, 5.41) is 3.31. The average molecular weight is 305 g/mol. The number of nitrogens with one attached hydrogen (secondary N) is 1. The molecule has 5 heteroatoms. The van der Waals surface area contributed by atoms with Gasteiger partial charge in [0.05, 0.1) is 16.8 Å². The van der Waals surface area contributed by atoms with Crippen molar-refractivity contribution in [2.45, 2.75) is 26.9 Å². The molecule has 21 heavy (non-hydrogen) atoms. The van der Waals surface area contributed by atoms with E-state index in [1.54, 1.807) is 37.3 Å². The molecular weight excluding hydrogens is 288 g/mol. The molecule has 0 spiro atoms. The topological polar surface area (TPSA) is 51.2 Å². The second-order valence-corrected chi connectivity index (χ2v) is 5.32. The van der Waals surface area contributed by atoms with Crippen LogP contribution in [0.25, 0.3) is 0 Å². The summed E-state index contributed by atoms with van der Waals surface area (Å²) in [6, 6.07) is 10.4. The number of amides is 1. The molecule has 110 valence electrons. The van der Waals surface area contributed by atoms with Crippen LogP contribution in [0.2, 0.25) is 5.02 Å².